The first-order valence-electron chi connectivity index (χ1n) is 34.5. The second-order valence-corrected chi connectivity index (χ2v) is 22.7. The molecule has 0 aliphatic heterocycles. The molecule has 0 saturated carbocycles. The van der Waals surface area contributed by atoms with E-state index in [1.807, 2.05) is 0 Å². The summed E-state index contributed by atoms with van der Waals surface area (Å²) in [5.74, 6) is -0.907. The average molecular weight is 1140 g/mol. The number of rotatable bonds is 62. The topological polar surface area (TPSA) is 78.9 Å². The van der Waals surface area contributed by atoms with Gasteiger partial charge >= 0.3 is 17.9 Å². The summed E-state index contributed by atoms with van der Waals surface area (Å²) < 4.78 is 16.9. The van der Waals surface area contributed by atoms with Crippen LogP contribution < -0.4 is 0 Å². The van der Waals surface area contributed by atoms with Crippen LogP contribution in [-0.4, -0.2) is 37.2 Å². The summed E-state index contributed by atoms with van der Waals surface area (Å²) in [7, 11) is 0. The zero-order valence-electron chi connectivity index (χ0n) is 53.7. The minimum absolute atomic E-state index is 0.0889. The Kier molecular flexibility index (Phi) is 65.8. The molecule has 0 aromatic carbocycles. The van der Waals surface area contributed by atoms with Crippen LogP contribution in [-0.2, 0) is 28.6 Å². The number of hydrogen-bond acceptors (Lipinski definition) is 6. The highest BCUT2D eigenvalue weighted by Crippen LogP contribution is 2.16. The van der Waals surface area contributed by atoms with E-state index >= 15 is 0 Å². The number of ether oxygens (including phenoxy) is 3. The van der Waals surface area contributed by atoms with Crippen molar-refractivity contribution in [1.82, 2.24) is 0 Å². The summed E-state index contributed by atoms with van der Waals surface area (Å²) in [6.45, 7) is 6.49. The predicted molar refractivity (Wildman–Crippen MR) is 357 cm³/mol. The molecular weight excluding hydrogens is 1010 g/mol. The van der Waals surface area contributed by atoms with Crippen molar-refractivity contribution in [2.24, 2.45) is 0 Å². The average Bonchev–Trinajstić information content (AvgIpc) is 3.47. The highest BCUT2D eigenvalue weighted by molar-refractivity contribution is 5.71. The zero-order chi connectivity index (χ0) is 59.2. The Bertz CT molecular complexity index is 1690. The molecule has 0 amide bonds. The highest BCUT2D eigenvalue weighted by Gasteiger charge is 2.19. The molecule has 1 atom stereocenters. The molecule has 468 valence electrons. The van der Waals surface area contributed by atoms with E-state index < -0.39 is 6.10 Å². The second-order valence-electron chi connectivity index (χ2n) is 22.7. The predicted octanol–water partition coefficient (Wildman–Crippen LogP) is 23.9. The summed E-state index contributed by atoms with van der Waals surface area (Å²) in [5.41, 5.74) is 0. The van der Waals surface area contributed by atoms with Crippen LogP contribution in [0.15, 0.2) is 122 Å². The minimum Gasteiger partial charge on any atom is -0.462 e. The number of allylic oxidation sites excluding steroid dienone is 20. The molecule has 0 aliphatic rings. The Hall–Kier alpha value is -4.19. The monoisotopic (exact) mass is 1140 g/mol. The summed E-state index contributed by atoms with van der Waals surface area (Å²) >= 11 is 0. The summed E-state index contributed by atoms with van der Waals surface area (Å²) in [5, 5.41) is 0. The number of hydrogen-bond donors (Lipinski definition) is 0. The molecule has 6 nitrogen and oxygen atoms in total. The van der Waals surface area contributed by atoms with Crippen molar-refractivity contribution in [3.63, 3.8) is 0 Å². The Labute approximate surface area is 507 Å². The lowest BCUT2D eigenvalue weighted by Crippen LogP contribution is -2.30. The van der Waals surface area contributed by atoms with Gasteiger partial charge in [-0.25, -0.2) is 0 Å². The van der Waals surface area contributed by atoms with Gasteiger partial charge < -0.3 is 14.2 Å². The van der Waals surface area contributed by atoms with E-state index in [0.29, 0.717) is 19.3 Å². The normalized spacial score (nSPS) is 12.9. The summed E-state index contributed by atoms with van der Waals surface area (Å²) in [6.07, 6.45) is 96.4. The van der Waals surface area contributed by atoms with Crippen LogP contribution in [0, 0.1) is 0 Å². The first-order valence-corrected chi connectivity index (χ1v) is 34.5. The van der Waals surface area contributed by atoms with Crippen molar-refractivity contribution < 1.29 is 28.6 Å². The Morgan fingerprint density at radius 2 is 0.476 bits per heavy atom. The molecule has 0 saturated heterocycles. The van der Waals surface area contributed by atoms with E-state index in [1.54, 1.807) is 0 Å². The lowest BCUT2D eigenvalue weighted by atomic mass is 10.0. The molecule has 0 fully saturated rings. The Morgan fingerprint density at radius 3 is 0.780 bits per heavy atom. The van der Waals surface area contributed by atoms with Crippen LogP contribution in [0.5, 0.6) is 0 Å². The van der Waals surface area contributed by atoms with Crippen LogP contribution in [0.4, 0.5) is 0 Å². The van der Waals surface area contributed by atoms with Gasteiger partial charge in [-0.3, -0.25) is 14.4 Å². The minimum atomic E-state index is -0.795. The van der Waals surface area contributed by atoms with E-state index in [1.165, 1.54) is 154 Å². The Balaban J connectivity index is 4.32. The summed E-state index contributed by atoms with van der Waals surface area (Å²) in [4.78, 5) is 38.4. The van der Waals surface area contributed by atoms with Gasteiger partial charge in [-0.05, 0) is 135 Å². The van der Waals surface area contributed by atoms with Gasteiger partial charge in [-0.1, -0.05) is 290 Å². The zero-order valence-corrected chi connectivity index (χ0v) is 53.7. The molecule has 82 heavy (non-hydrogen) atoms. The third kappa shape index (κ3) is 66.6. The van der Waals surface area contributed by atoms with Crippen molar-refractivity contribution in [3.8, 4) is 0 Å². The molecule has 0 rings (SSSR count). The van der Waals surface area contributed by atoms with Gasteiger partial charge in [0.2, 0.25) is 0 Å². The van der Waals surface area contributed by atoms with Crippen molar-refractivity contribution in [2.45, 2.75) is 329 Å². The van der Waals surface area contributed by atoms with E-state index in [-0.39, 0.29) is 31.1 Å². The van der Waals surface area contributed by atoms with Crippen LogP contribution >= 0.6 is 0 Å². The quantitative estimate of drug-likeness (QED) is 0.0261. The van der Waals surface area contributed by atoms with E-state index in [4.69, 9.17) is 14.2 Å². The summed E-state index contributed by atoms with van der Waals surface area (Å²) in [6, 6.07) is 0. The maximum atomic E-state index is 12.9. The molecule has 0 N–H and O–H groups in total. The first-order chi connectivity index (χ1) is 40.5. The van der Waals surface area contributed by atoms with Crippen molar-refractivity contribution >= 4 is 17.9 Å². The van der Waals surface area contributed by atoms with Gasteiger partial charge in [0.25, 0.3) is 0 Å². The lowest BCUT2D eigenvalue weighted by molar-refractivity contribution is -0.167. The maximum absolute atomic E-state index is 12.9. The Morgan fingerprint density at radius 1 is 0.256 bits per heavy atom. The molecule has 0 spiro atoms. The number of carbonyl (C=O) groups is 3. The van der Waals surface area contributed by atoms with Gasteiger partial charge in [0, 0.05) is 19.3 Å². The van der Waals surface area contributed by atoms with Crippen LogP contribution in [0.2, 0.25) is 0 Å². The van der Waals surface area contributed by atoms with Crippen molar-refractivity contribution in [1.29, 1.82) is 0 Å². The molecule has 6 heteroatoms. The van der Waals surface area contributed by atoms with Crippen molar-refractivity contribution in [3.05, 3.63) is 122 Å². The third-order valence-electron chi connectivity index (χ3n) is 14.7. The number of carbonyl (C=O) groups excluding carboxylic acids is 3. The molecule has 0 aromatic heterocycles. The molecule has 0 aliphatic carbocycles. The van der Waals surface area contributed by atoms with Gasteiger partial charge in [0.15, 0.2) is 6.10 Å². The van der Waals surface area contributed by atoms with Gasteiger partial charge in [0.05, 0.1) is 0 Å². The van der Waals surface area contributed by atoms with E-state index in [2.05, 4.69) is 142 Å². The van der Waals surface area contributed by atoms with Gasteiger partial charge in [-0.2, -0.15) is 0 Å². The van der Waals surface area contributed by atoms with E-state index in [0.717, 1.165) is 128 Å². The van der Waals surface area contributed by atoms with Crippen LogP contribution in [0.1, 0.15) is 323 Å². The first kappa shape index (κ1) is 77.8. The SMILES string of the molecule is CC/C=C\C/C=C\C/C=C\C/C=C\C/C=C\C/C=C\CCCCCCCCC(=O)OC(COC(=O)CCCCCCC/C=C\CCCCC)COC(=O)CCCCCCCCCCCCCC/C=C\C/C=C\C/C=C\CCCCCCC. The standard InChI is InChI=1S/C76H128O6/c1-4-7-10-13-16-19-22-25-27-29-31-33-35-37-38-40-41-43-45-47-49-51-54-57-60-63-66-69-75(78)81-72-73(71-80-74(77)68-65-62-59-56-53-24-21-18-15-12-9-6-3)82-76(79)70-67-64-61-58-55-52-50-48-46-44-42-39-36-34-32-30-28-26-23-20-17-14-11-8-5-2/h8,11,17-18,20-22,25-26,28-29,31-32,34-35,37,39,42,46,48,73H,4-7,9-10,12-16,19,23-24,27,30,33,36,38,40-41,43-45,47,49-72H2,1-3H3/b11-8-,20-17-,21-18-,25-22-,28-26-,31-29-,34-32-,37-35-,42-39-,48-46-. The van der Waals surface area contributed by atoms with Crippen LogP contribution in [0.25, 0.3) is 0 Å². The lowest BCUT2D eigenvalue weighted by Gasteiger charge is -2.18. The fourth-order valence-electron chi connectivity index (χ4n) is 9.51. The fraction of sp³-hybridized carbons (Fsp3) is 0.697. The van der Waals surface area contributed by atoms with Crippen LogP contribution in [0.3, 0.4) is 0 Å². The number of esters is 3. The third-order valence-corrected chi connectivity index (χ3v) is 14.7. The molecule has 1 unspecified atom stereocenters. The molecule has 0 aromatic rings. The molecular formula is C76H128O6. The fourth-order valence-corrected chi connectivity index (χ4v) is 9.51. The molecule has 0 bridgehead atoms. The maximum Gasteiger partial charge on any atom is 0.306 e. The van der Waals surface area contributed by atoms with Crippen molar-refractivity contribution in [2.75, 3.05) is 13.2 Å². The smallest absolute Gasteiger partial charge is 0.306 e. The van der Waals surface area contributed by atoms with Gasteiger partial charge in [0.1, 0.15) is 13.2 Å². The number of unbranched alkanes of at least 4 members (excludes halogenated alkanes) is 31. The largest absolute Gasteiger partial charge is 0.462 e. The second kappa shape index (κ2) is 69.3. The molecule has 0 radical (unpaired) electrons. The van der Waals surface area contributed by atoms with Gasteiger partial charge in [-0.15, -0.1) is 0 Å². The van der Waals surface area contributed by atoms with E-state index in [9.17, 15) is 14.4 Å². The molecule has 0 heterocycles. The highest BCUT2D eigenvalue weighted by atomic mass is 16.6.